The van der Waals surface area contributed by atoms with E-state index in [1.165, 1.54) is 11.1 Å². The molecule has 0 spiro atoms. The first-order valence-corrected chi connectivity index (χ1v) is 12.8. The Balaban J connectivity index is 1.83. The Morgan fingerprint density at radius 3 is 2.53 bits per heavy atom. The van der Waals surface area contributed by atoms with Gasteiger partial charge in [0.1, 0.15) is 0 Å². The van der Waals surface area contributed by atoms with Crippen LogP contribution in [0.2, 0.25) is 0 Å². The van der Waals surface area contributed by atoms with Crippen molar-refractivity contribution < 1.29 is 0 Å². The molecule has 1 unspecified atom stereocenters. The largest absolute Gasteiger partial charge is 0.287 e. The van der Waals surface area contributed by atoms with E-state index in [0.717, 1.165) is 53.4 Å². The van der Waals surface area contributed by atoms with Gasteiger partial charge in [-0.05, 0) is 42.7 Å². The van der Waals surface area contributed by atoms with E-state index in [1.807, 2.05) is 10.6 Å². The van der Waals surface area contributed by atoms with Gasteiger partial charge >= 0.3 is 0 Å². The third-order valence-corrected chi connectivity index (χ3v) is 7.77. The van der Waals surface area contributed by atoms with Crippen LogP contribution in [0.1, 0.15) is 57.2 Å². The summed E-state index contributed by atoms with van der Waals surface area (Å²) >= 11 is 1.73. The third kappa shape index (κ3) is 4.56. The molecule has 1 aliphatic rings. The Labute approximate surface area is 196 Å². The molecule has 0 aliphatic heterocycles. The molecule has 2 aromatic carbocycles. The highest BCUT2D eigenvalue weighted by Gasteiger charge is 2.38. The molecule has 0 radical (unpaired) electrons. The van der Waals surface area contributed by atoms with Gasteiger partial charge in [0.25, 0.3) is 5.56 Å². The highest BCUT2D eigenvalue weighted by Crippen LogP contribution is 2.43. The first-order valence-electron chi connectivity index (χ1n) is 11.8. The summed E-state index contributed by atoms with van der Waals surface area (Å²) < 4.78 is 1.96. The summed E-state index contributed by atoms with van der Waals surface area (Å²) in [6, 6.07) is 18.9. The van der Waals surface area contributed by atoms with E-state index in [2.05, 4.69) is 76.2 Å². The summed E-state index contributed by atoms with van der Waals surface area (Å²) in [4.78, 5) is 19.2. The lowest BCUT2D eigenvalue weighted by atomic mass is 9.69. The third-order valence-electron chi connectivity index (χ3n) is 6.76. The molecule has 0 bridgehead atoms. The lowest BCUT2D eigenvalue weighted by Gasteiger charge is -2.36. The van der Waals surface area contributed by atoms with Crippen LogP contribution in [-0.2, 0) is 24.8 Å². The number of fused-ring (bicyclic) bond motifs is 3. The van der Waals surface area contributed by atoms with E-state index in [-0.39, 0.29) is 11.0 Å². The number of hydrogen-bond donors (Lipinski definition) is 0. The summed E-state index contributed by atoms with van der Waals surface area (Å²) in [7, 11) is 0. The van der Waals surface area contributed by atoms with E-state index >= 15 is 0 Å². The molecule has 3 aromatic rings. The molecule has 1 aromatic heterocycles. The number of aromatic nitrogens is 2. The molecule has 168 valence electrons. The molecule has 1 heterocycles. The predicted octanol–water partition coefficient (Wildman–Crippen LogP) is 6.52. The predicted molar refractivity (Wildman–Crippen MR) is 136 cm³/mol. The second-order valence-electron chi connectivity index (χ2n) is 9.59. The molecule has 0 N–H and O–H groups in total. The van der Waals surface area contributed by atoms with E-state index in [1.54, 1.807) is 11.8 Å². The van der Waals surface area contributed by atoms with Gasteiger partial charge in [0.05, 0.1) is 11.3 Å². The van der Waals surface area contributed by atoms with Crippen LogP contribution in [0, 0.1) is 5.92 Å². The molecule has 1 aliphatic carbocycles. The van der Waals surface area contributed by atoms with Crippen LogP contribution >= 0.6 is 11.8 Å². The number of hydrogen-bond acceptors (Lipinski definition) is 3. The highest BCUT2D eigenvalue weighted by molar-refractivity contribution is 7.99. The Hall–Kier alpha value is -2.33. The number of rotatable bonds is 8. The summed E-state index contributed by atoms with van der Waals surface area (Å²) in [5, 5.41) is 0.862. The van der Waals surface area contributed by atoms with Crippen LogP contribution in [0.25, 0.3) is 11.3 Å². The zero-order chi connectivity index (χ0) is 22.7. The first kappa shape index (κ1) is 22.8. The fourth-order valence-electron chi connectivity index (χ4n) is 4.57. The van der Waals surface area contributed by atoms with Gasteiger partial charge in [-0.2, -0.15) is 0 Å². The first-order chi connectivity index (χ1) is 15.4. The number of aryl methyl sites for hydroxylation is 1. The number of thioether (sulfide) groups is 1. The van der Waals surface area contributed by atoms with Gasteiger partial charge in [0.2, 0.25) is 0 Å². The summed E-state index contributed by atoms with van der Waals surface area (Å²) in [6.07, 6.45) is 3.75. The summed E-state index contributed by atoms with van der Waals surface area (Å²) in [5.41, 5.74) is 5.45. The van der Waals surface area contributed by atoms with Crippen molar-refractivity contribution in [1.29, 1.82) is 0 Å². The van der Waals surface area contributed by atoms with Crippen molar-refractivity contribution in [3.05, 3.63) is 81.6 Å². The van der Waals surface area contributed by atoms with Crippen molar-refractivity contribution in [2.24, 2.45) is 5.92 Å². The van der Waals surface area contributed by atoms with Crippen molar-refractivity contribution in [3.63, 3.8) is 0 Å². The average Bonchev–Trinajstić information content (AvgIpc) is 2.79. The minimum absolute atomic E-state index is 0.150. The van der Waals surface area contributed by atoms with Crippen molar-refractivity contribution >= 4 is 11.8 Å². The molecule has 0 saturated carbocycles. The van der Waals surface area contributed by atoms with Gasteiger partial charge in [-0.15, -0.1) is 0 Å². The minimum atomic E-state index is -0.191. The number of nitrogens with zero attached hydrogens (tertiary/aromatic N) is 2. The molecule has 0 fully saturated rings. The van der Waals surface area contributed by atoms with Crippen molar-refractivity contribution in [3.8, 4) is 11.3 Å². The van der Waals surface area contributed by atoms with Crippen LogP contribution in [-0.4, -0.2) is 15.3 Å². The molecule has 1 atom stereocenters. The van der Waals surface area contributed by atoms with Crippen LogP contribution in [0.5, 0.6) is 0 Å². The van der Waals surface area contributed by atoms with Crippen molar-refractivity contribution in [2.75, 3.05) is 5.75 Å². The molecule has 32 heavy (non-hydrogen) atoms. The van der Waals surface area contributed by atoms with Gasteiger partial charge < -0.3 is 0 Å². The van der Waals surface area contributed by atoms with Gasteiger partial charge in [0, 0.05) is 23.3 Å². The second-order valence-corrected chi connectivity index (χ2v) is 10.7. The SMILES string of the molecule is CCC1(C)Cc2ccccc2-c2nc(SCCC(C)C)n(CCc3ccccc3)c(=O)c21. The standard InChI is InChI=1S/C28H34N2OS/c1-5-28(4)19-22-13-9-10-14-23(22)25-24(28)26(31)30(17-15-21-11-7-6-8-12-21)27(29-25)32-18-16-20(2)3/h6-14,20H,5,15-19H2,1-4H3. The Kier molecular flexibility index (Phi) is 6.90. The van der Waals surface area contributed by atoms with Crippen molar-refractivity contribution in [1.82, 2.24) is 9.55 Å². The van der Waals surface area contributed by atoms with E-state index in [9.17, 15) is 4.79 Å². The Morgan fingerprint density at radius 1 is 1.09 bits per heavy atom. The topological polar surface area (TPSA) is 34.9 Å². The molecular weight excluding hydrogens is 412 g/mol. The molecule has 0 saturated heterocycles. The normalized spacial score (nSPS) is 17.3. The highest BCUT2D eigenvalue weighted by atomic mass is 32.2. The smallest absolute Gasteiger partial charge is 0.258 e. The molecular formula is C28H34N2OS. The van der Waals surface area contributed by atoms with Gasteiger partial charge in [-0.3, -0.25) is 9.36 Å². The Morgan fingerprint density at radius 2 is 1.81 bits per heavy atom. The van der Waals surface area contributed by atoms with Crippen LogP contribution in [0.3, 0.4) is 0 Å². The molecule has 0 amide bonds. The van der Waals surface area contributed by atoms with Crippen molar-refractivity contribution in [2.45, 2.75) is 70.5 Å². The van der Waals surface area contributed by atoms with Crippen LogP contribution < -0.4 is 5.56 Å². The monoisotopic (exact) mass is 446 g/mol. The number of benzene rings is 2. The minimum Gasteiger partial charge on any atom is -0.287 e. The Bertz CT molecular complexity index is 1140. The van der Waals surface area contributed by atoms with E-state index < -0.39 is 0 Å². The summed E-state index contributed by atoms with van der Waals surface area (Å²) in [6.45, 7) is 9.57. The molecule has 4 rings (SSSR count). The van der Waals surface area contributed by atoms with E-state index in [4.69, 9.17) is 4.98 Å². The average molecular weight is 447 g/mol. The zero-order valence-corrected chi connectivity index (χ0v) is 20.5. The maximum Gasteiger partial charge on any atom is 0.258 e. The van der Waals surface area contributed by atoms with Gasteiger partial charge in [-0.1, -0.05) is 94.1 Å². The maximum absolute atomic E-state index is 14.0. The lowest BCUT2D eigenvalue weighted by Crippen LogP contribution is -2.40. The molecule has 3 nitrogen and oxygen atoms in total. The second kappa shape index (κ2) is 9.66. The van der Waals surface area contributed by atoms with Crippen LogP contribution in [0.15, 0.2) is 64.5 Å². The van der Waals surface area contributed by atoms with Gasteiger partial charge in [0.15, 0.2) is 5.16 Å². The van der Waals surface area contributed by atoms with Crippen LogP contribution in [0.4, 0.5) is 0 Å². The quantitative estimate of drug-likeness (QED) is 0.292. The fraction of sp³-hybridized carbons (Fsp3) is 0.429. The zero-order valence-electron chi connectivity index (χ0n) is 19.7. The van der Waals surface area contributed by atoms with E-state index in [0.29, 0.717) is 12.5 Å². The fourth-order valence-corrected chi connectivity index (χ4v) is 5.83. The molecule has 4 heteroatoms. The maximum atomic E-state index is 14.0. The summed E-state index contributed by atoms with van der Waals surface area (Å²) in [5.74, 6) is 1.61. The van der Waals surface area contributed by atoms with Gasteiger partial charge in [-0.25, -0.2) is 4.98 Å². The lowest BCUT2D eigenvalue weighted by molar-refractivity contribution is 0.427.